The van der Waals surface area contributed by atoms with E-state index in [4.69, 9.17) is 21.3 Å². The van der Waals surface area contributed by atoms with E-state index >= 15 is 0 Å². The number of hydrogen-bond acceptors (Lipinski definition) is 3. The largest absolute Gasteiger partial charge is 0.347 e. The lowest BCUT2D eigenvalue weighted by molar-refractivity contribution is -0.0885. The molecule has 2 aromatic rings. The van der Waals surface area contributed by atoms with Crippen LogP contribution in [0.15, 0.2) is 53.5 Å². The van der Waals surface area contributed by atoms with Crippen LogP contribution in [-0.2, 0) is 10.5 Å². The molecule has 0 aliphatic carbocycles. The first-order valence-corrected chi connectivity index (χ1v) is 7.97. The summed E-state index contributed by atoms with van der Waals surface area (Å²) in [5.41, 5.74) is 2.84. The second-order valence-corrected chi connectivity index (χ2v) is 5.92. The number of amidine groups is 1. The molecular formula is C18H17ClN2O. The van der Waals surface area contributed by atoms with Crippen LogP contribution >= 0.6 is 11.6 Å². The van der Waals surface area contributed by atoms with E-state index in [1.54, 1.807) is 0 Å². The molecule has 0 radical (unpaired) electrons. The van der Waals surface area contributed by atoms with Crippen LogP contribution in [0, 0.1) is 0 Å². The van der Waals surface area contributed by atoms with E-state index in [9.17, 15) is 0 Å². The van der Waals surface area contributed by atoms with Gasteiger partial charge in [0.25, 0.3) is 0 Å². The van der Waals surface area contributed by atoms with Gasteiger partial charge < -0.3 is 9.64 Å². The molecule has 2 aliphatic heterocycles. The molecule has 4 rings (SSSR count). The Hall–Kier alpha value is -1.84. The van der Waals surface area contributed by atoms with Crippen molar-refractivity contribution < 1.29 is 4.74 Å². The van der Waals surface area contributed by atoms with Gasteiger partial charge in [-0.1, -0.05) is 48.0 Å². The highest BCUT2D eigenvalue weighted by molar-refractivity contribution is 6.30. The molecule has 0 bridgehead atoms. The first-order chi connectivity index (χ1) is 10.8. The third kappa shape index (κ3) is 1.76. The van der Waals surface area contributed by atoms with Crippen molar-refractivity contribution in [1.29, 1.82) is 0 Å². The molecule has 0 saturated heterocycles. The fourth-order valence-electron chi connectivity index (χ4n) is 3.54. The Morgan fingerprint density at radius 1 is 1.18 bits per heavy atom. The van der Waals surface area contributed by atoms with Crippen molar-refractivity contribution in [2.45, 2.75) is 12.6 Å². The van der Waals surface area contributed by atoms with Gasteiger partial charge in [0.2, 0.25) is 0 Å². The van der Waals surface area contributed by atoms with Gasteiger partial charge in [0.1, 0.15) is 5.84 Å². The molecule has 22 heavy (non-hydrogen) atoms. The minimum atomic E-state index is -0.592. The molecule has 112 valence electrons. The Kier molecular flexibility index (Phi) is 3.21. The van der Waals surface area contributed by atoms with E-state index in [0.29, 0.717) is 6.61 Å². The van der Waals surface area contributed by atoms with Crippen LogP contribution in [-0.4, -0.2) is 30.4 Å². The van der Waals surface area contributed by atoms with Crippen LogP contribution in [0.4, 0.5) is 0 Å². The molecule has 1 atom stereocenters. The molecule has 4 heteroatoms. The third-order valence-electron chi connectivity index (χ3n) is 4.34. The lowest BCUT2D eigenvalue weighted by Gasteiger charge is -2.38. The summed E-state index contributed by atoms with van der Waals surface area (Å²) in [5.74, 6) is 1.04. The summed E-state index contributed by atoms with van der Waals surface area (Å²) in [6.07, 6.45) is 0. The standard InChI is InChI=1S/C18H17ClN2O/c1-2-22-18(13-7-9-14(19)10-8-13)16-6-4-3-5-15(16)17-20-11-12-21(17)18/h3-10H,2,11-12H2,1H3. The number of fused-ring (bicyclic) bond motifs is 3. The topological polar surface area (TPSA) is 24.8 Å². The summed E-state index contributed by atoms with van der Waals surface area (Å²) in [6, 6.07) is 16.3. The summed E-state index contributed by atoms with van der Waals surface area (Å²) in [5, 5.41) is 0.733. The fraction of sp³-hybridized carbons (Fsp3) is 0.278. The minimum absolute atomic E-state index is 0.592. The molecular weight excluding hydrogens is 296 g/mol. The summed E-state index contributed by atoms with van der Waals surface area (Å²) in [7, 11) is 0. The average molecular weight is 313 g/mol. The number of halogens is 1. The number of hydrogen-bond donors (Lipinski definition) is 0. The maximum absolute atomic E-state index is 6.36. The summed E-state index contributed by atoms with van der Waals surface area (Å²) < 4.78 is 6.36. The Bertz CT molecular complexity index is 741. The molecule has 1 unspecified atom stereocenters. The first-order valence-electron chi connectivity index (χ1n) is 7.59. The van der Waals surface area contributed by atoms with Crippen LogP contribution in [0.2, 0.25) is 5.02 Å². The van der Waals surface area contributed by atoms with Gasteiger partial charge in [0.05, 0.1) is 6.54 Å². The molecule has 0 saturated carbocycles. The van der Waals surface area contributed by atoms with Gasteiger partial charge in [-0.3, -0.25) is 4.99 Å². The zero-order chi connectivity index (χ0) is 15.2. The van der Waals surface area contributed by atoms with E-state index in [2.05, 4.69) is 41.3 Å². The highest BCUT2D eigenvalue weighted by Gasteiger charge is 2.51. The van der Waals surface area contributed by atoms with Gasteiger partial charge in [-0.05, 0) is 19.1 Å². The molecule has 2 aromatic carbocycles. The highest BCUT2D eigenvalue weighted by Crippen LogP contribution is 2.46. The fourth-order valence-corrected chi connectivity index (χ4v) is 3.66. The number of benzene rings is 2. The van der Waals surface area contributed by atoms with Crippen LogP contribution in [0.25, 0.3) is 0 Å². The van der Waals surface area contributed by atoms with E-state index in [0.717, 1.165) is 35.1 Å². The second-order valence-electron chi connectivity index (χ2n) is 5.49. The molecule has 3 nitrogen and oxygen atoms in total. The van der Waals surface area contributed by atoms with Crippen molar-refractivity contribution in [3.8, 4) is 0 Å². The van der Waals surface area contributed by atoms with Crippen molar-refractivity contribution >= 4 is 17.4 Å². The van der Waals surface area contributed by atoms with Gasteiger partial charge in [-0.2, -0.15) is 0 Å². The van der Waals surface area contributed by atoms with E-state index in [-0.39, 0.29) is 0 Å². The predicted octanol–water partition coefficient (Wildman–Crippen LogP) is 3.65. The molecule has 2 heterocycles. The van der Waals surface area contributed by atoms with Crippen molar-refractivity contribution in [3.63, 3.8) is 0 Å². The first kappa shape index (κ1) is 13.8. The Balaban J connectivity index is 1.98. The number of aliphatic imine (C=N–C) groups is 1. The Morgan fingerprint density at radius 3 is 2.73 bits per heavy atom. The van der Waals surface area contributed by atoms with Crippen LogP contribution in [0.1, 0.15) is 23.6 Å². The molecule has 0 N–H and O–H groups in total. The summed E-state index contributed by atoms with van der Waals surface area (Å²) >= 11 is 6.07. The zero-order valence-corrected chi connectivity index (χ0v) is 13.2. The van der Waals surface area contributed by atoms with Crippen LogP contribution in [0.3, 0.4) is 0 Å². The molecule has 0 spiro atoms. The maximum atomic E-state index is 6.36. The number of rotatable bonds is 3. The van der Waals surface area contributed by atoms with E-state index in [1.807, 2.05) is 19.1 Å². The smallest absolute Gasteiger partial charge is 0.195 e. The van der Waals surface area contributed by atoms with Gasteiger partial charge in [0.15, 0.2) is 5.72 Å². The van der Waals surface area contributed by atoms with Crippen molar-refractivity contribution in [1.82, 2.24) is 4.90 Å². The van der Waals surface area contributed by atoms with Crippen LogP contribution < -0.4 is 0 Å². The van der Waals surface area contributed by atoms with Crippen molar-refractivity contribution in [3.05, 3.63) is 70.2 Å². The number of ether oxygens (including phenoxy) is 1. The molecule has 0 aromatic heterocycles. The van der Waals surface area contributed by atoms with Gasteiger partial charge >= 0.3 is 0 Å². The molecule has 0 amide bonds. The Labute approximate surface area is 135 Å². The average Bonchev–Trinajstić information content (AvgIpc) is 3.11. The zero-order valence-electron chi connectivity index (χ0n) is 12.4. The highest BCUT2D eigenvalue weighted by atomic mass is 35.5. The molecule has 2 aliphatic rings. The minimum Gasteiger partial charge on any atom is -0.347 e. The van der Waals surface area contributed by atoms with Crippen LogP contribution in [0.5, 0.6) is 0 Å². The lowest BCUT2D eigenvalue weighted by Crippen LogP contribution is -2.46. The molecule has 0 fully saturated rings. The summed E-state index contributed by atoms with van der Waals surface area (Å²) in [4.78, 5) is 6.98. The predicted molar refractivity (Wildman–Crippen MR) is 88.4 cm³/mol. The Morgan fingerprint density at radius 2 is 1.95 bits per heavy atom. The van der Waals surface area contributed by atoms with E-state index < -0.39 is 5.72 Å². The van der Waals surface area contributed by atoms with E-state index in [1.165, 1.54) is 5.56 Å². The maximum Gasteiger partial charge on any atom is 0.195 e. The number of nitrogens with zero attached hydrogens (tertiary/aromatic N) is 2. The van der Waals surface area contributed by atoms with Crippen molar-refractivity contribution in [2.75, 3.05) is 19.7 Å². The normalized spacial score (nSPS) is 22.5. The second kappa shape index (κ2) is 5.11. The quantitative estimate of drug-likeness (QED) is 0.864. The van der Waals surface area contributed by atoms with Crippen molar-refractivity contribution in [2.24, 2.45) is 4.99 Å². The van der Waals surface area contributed by atoms with Gasteiger partial charge in [-0.25, -0.2) is 0 Å². The third-order valence-corrected chi connectivity index (χ3v) is 4.59. The van der Waals surface area contributed by atoms with Gasteiger partial charge in [-0.15, -0.1) is 0 Å². The van der Waals surface area contributed by atoms with Gasteiger partial charge in [0, 0.05) is 34.9 Å². The summed E-state index contributed by atoms with van der Waals surface area (Å²) in [6.45, 7) is 4.34. The monoisotopic (exact) mass is 312 g/mol. The SMILES string of the molecule is CCOC1(c2ccc(Cl)cc2)c2ccccc2C2=NCCN21. The lowest BCUT2D eigenvalue weighted by atomic mass is 9.93.